The average Bonchev–Trinajstić information content (AvgIpc) is 3.63. The van der Waals surface area contributed by atoms with E-state index in [1.165, 1.54) is 36.0 Å². The minimum Gasteiger partial charge on any atom is -0.339 e. The summed E-state index contributed by atoms with van der Waals surface area (Å²) in [4.78, 5) is 33.2. The highest BCUT2D eigenvalue weighted by atomic mass is 32.2. The Morgan fingerprint density at radius 3 is 2.51 bits per heavy atom. The lowest BCUT2D eigenvalue weighted by Crippen LogP contribution is -2.50. The average molecular weight is 496 g/mol. The highest BCUT2D eigenvalue weighted by molar-refractivity contribution is 7.99. The summed E-state index contributed by atoms with van der Waals surface area (Å²) in [5.41, 5.74) is 1.48. The quantitative estimate of drug-likeness (QED) is 0.480. The Morgan fingerprint density at radius 2 is 1.83 bits per heavy atom. The van der Waals surface area contributed by atoms with Crippen LogP contribution in [0.25, 0.3) is 11.4 Å². The third kappa shape index (κ3) is 5.85. The lowest BCUT2D eigenvalue weighted by atomic mass is 10.3. The van der Waals surface area contributed by atoms with Gasteiger partial charge in [-0.2, -0.15) is 0 Å². The van der Waals surface area contributed by atoms with Crippen LogP contribution < -0.4 is 5.32 Å². The Bertz CT molecular complexity index is 1180. The molecule has 5 rings (SSSR count). The molecule has 1 saturated carbocycles. The van der Waals surface area contributed by atoms with Crippen molar-refractivity contribution >= 4 is 29.3 Å². The molecule has 1 aliphatic heterocycles. The molecule has 11 heteroatoms. The Kier molecular flexibility index (Phi) is 7.05. The normalized spacial score (nSPS) is 16.3. The molecule has 0 unspecified atom stereocenters. The number of hydrogen-bond donors (Lipinski definition) is 1. The fourth-order valence-corrected chi connectivity index (χ4v) is 4.95. The van der Waals surface area contributed by atoms with Gasteiger partial charge in [0.2, 0.25) is 11.8 Å². The van der Waals surface area contributed by atoms with Crippen LogP contribution in [0, 0.1) is 5.82 Å². The number of benzene rings is 1. The van der Waals surface area contributed by atoms with Gasteiger partial charge < -0.3 is 10.2 Å². The smallest absolute Gasteiger partial charge is 0.238 e. The molecule has 0 bridgehead atoms. The molecule has 1 aromatic carbocycles. The van der Waals surface area contributed by atoms with E-state index in [1.54, 1.807) is 12.4 Å². The van der Waals surface area contributed by atoms with Crippen LogP contribution in [0.1, 0.15) is 18.9 Å². The van der Waals surface area contributed by atoms with Gasteiger partial charge in [-0.05, 0) is 49.2 Å². The first-order chi connectivity index (χ1) is 17.1. The number of nitrogens with one attached hydrogen (secondary N) is 1. The van der Waals surface area contributed by atoms with E-state index in [0.717, 1.165) is 29.4 Å². The summed E-state index contributed by atoms with van der Waals surface area (Å²) in [5.74, 6) is 0.643. The van der Waals surface area contributed by atoms with E-state index in [9.17, 15) is 14.0 Å². The van der Waals surface area contributed by atoms with Crippen molar-refractivity contribution in [2.24, 2.45) is 0 Å². The van der Waals surface area contributed by atoms with Crippen molar-refractivity contribution < 1.29 is 14.0 Å². The zero-order valence-electron chi connectivity index (χ0n) is 19.1. The van der Waals surface area contributed by atoms with Crippen molar-refractivity contribution in [2.75, 3.05) is 43.8 Å². The zero-order chi connectivity index (χ0) is 24.2. The van der Waals surface area contributed by atoms with Crippen LogP contribution in [0.4, 0.5) is 10.1 Å². The van der Waals surface area contributed by atoms with Gasteiger partial charge in [0.05, 0.1) is 12.3 Å². The second-order valence-electron chi connectivity index (χ2n) is 8.65. The predicted octanol–water partition coefficient (Wildman–Crippen LogP) is 2.69. The molecule has 0 atom stereocenters. The van der Waals surface area contributed by atoms with Crippen LogP contribution in [0.5, 0.6) is 0 Å². The number of carbonyl (C=O) groups is 2. The van der Waals surface area contributed by atoms with E-state index in [-0.39, 0.29) is 24.2 Å². The number of amides is 2. The third-order valence-electron chi connectivity index (χ3n) is 6.04. The highest BCUT2D eigenvalue weighted by Crippen LogP contribution is 2.40. The molecule has 1 saturated heterocycles. The van der Waals surface area contributed by atoms with Crippen molar-refractivity contribution in [3.05, 3.63) is 54.6 Å². The minimum absolute atomic E-state index is 0.0543. The number of nitrogens with zero attached hydrogens (tertiary/aromatic N) is 6. The van der Waals surface area contributed by atoms with Gasteiger partial charge in [-0.25, -0.2) is 4.39 Å². The molecule has 2 fully saturated rings. The van der Waals surface area contributed by atoms with Crippen molar-refractivity contribution in [3.8, 4) is 11.4 Å². The largest absolute Gasteiger partial charge is 0.339 e. The summed E-state index contributed by atoms with van der Waals surface area (Å²) in [6.07, 6.45) is 5.68. The molecular formula is C24H26FN7O2S. The number of hydrogen-bond acceptors (Lipinski definition) is 7. The molecule has 3 heterocycles. The molecular weight excluding hydrogens is 469 g/mol. The fraction of sp³-hybridized carbons (Fsp3) is 0.375. The second-order valence-corrected chi connectivity index (χ2v) is 9.59. The molecule has 0 radical (unpaired) electrons. The first kappa shape index (κ1) is 23.4. The summed E-state index contributed by atoms with van der Waals surface area (Å²) in [6.45, 7) is 2.61. The second kappa shape index (κ2) is 10.5. The number of piperazine rings is 1. The molecule has 2 aromatic heterocycles. The molecule has 9 nitrogen and oxygen atoms in total. The third-order valence-corrected chi connectivity index (χ3v) is 6.97. The van der Waals surface area contributed by atoms with Crippen LogP contribution in [0.3, 0.4) is 0 Å². The van der Waals surface area contributed by atoms with Crippen molar-refractivity contribution in [2.45, 2.75) is 24.0 Å². The summed E-state index contributed by atoms with van der Waals surface area (Å²) in [6, 6.07) is 9.91. The van der Waals surface area contributed by atoms with E-state index in [4.69, 9.17) is 0 Å². The molecule has 2 amide bonds. The molecule has 3 aromatic rings. The lowest BCUT2D eigenvalue weighted by Gasteiger charge is -2.34. The molecule has 1 N–H and O–H groups in total. The van der Waals surface area contributed by atoms with Crippen molar-refractivity contribution in [1.29, 1.82) is 0 Å². The number of anilines is 1. The maximum absolute atomic E-state index is 13.0. The van der Waals surface area contributed by atoms with E-state index in [0.29, 0.717) is 43.7 Å². The molecule has 35 heavy (non-hydrogen) atoms. The number of rotatable bonds is 8. The Labute approximate surface area is 206 Å². The standard InChI is InChI=1S/C24H26FN7O2S/c25-18-3-5-19(6-4-18)27-21(33)15-30-10-12-31(13-11-30)22(34)16-35-24-29-28-23(32(24)20-7-8-20)17-2-1-9-26-14-17/h1-6,9,14,20H,7-8,10-13,15-16H2,(H,27,33). The van der Waals surface area contributed by atoms with E-state index >= 15 is 0 Å². The summed E-state index contributed by atoms with van der Waals surface area (Å²) >= 11 is 1.42. The van der Waals surface area contributed by atoms with Crippen LogP contribution in [0.2, 0.25) is 0 Å². The molecule has 2 aliphatic rings. The molecule has 182 valence electrons. The van der Waals surface area contributed by atoms with Gasteiger partial charge in [0.15, 0.2) is 11.0 Å². The predicted molar refractivity (Wildman–Crippen MR) is 130 cm³/mol. The Morgan fingerprint density at radius 1 is 1.06 bits per heavy atom. The van der Waals surface area contributed by atoms with Gasteiger partial charge in [-0.15, -0.1) is 10.2 Å². The lowest BCUT2D eigenvalue weighted by molar-refractivity contribution is -0.130. The van der Waals surface area contributed by atoms with E-state index in [2.05, 4.69) is 25.1 Å². The van der Waals surface area contributed by atoms with Crippen LogP contribution in [-0.4, -0.2) is 79.8 Å². The summed E-state index contributed by atoms with van der Waals surface area (Å²) in [5, 5.41) is 12.3. The van der Waals surface area contributed by atoms with Crippen molar-refractivity contribution in [1.82, 2.24) is 29.5 Å². The molecule has 0 spiro atoms. The maximum atomic E-state index is 13.0. The highest BCUT2D eigenvalue weighted by Gasteiger charge is 2.31. The minimum atomic E-state index is -0.344. The fourth-order valence-electron chi connectivity index (χ4n) is 4.04. The monoisotopic (exact) mass is 495 g/mol. The van der Waals surface area contributed by atoms with Gasteiger partial charge in [-0.3, -0.25) is 24.0 Å². The van der Waals surface area contributed by atoms with Gasteiger partial charge in [0, 0.05) is 55.9 Å². The first-order valence-electron chi connectivity index (χ1n) is 11.6. The number of thioether (sulfide) groups is 1. The number of aromatic nitrogens is 4. The number of pyridine rings is 1. The summed E-state index contributed by atoms with van der Waals surface area (Å²) < 4.78 is 15.1. The number of carbonyl (C=O) groups excluding carboxylic acids is 2. The Balaban J connectivity index is 1.10. The van der Waals surface area contributed by atoms with E-state index < -0.39 is 0 Å². The van der Waals surface area contributed by atoms with Gasteiger partial charge in [-0.1, -0.05) is 11.8 Å². The van der Waals surface area contributed by atoms with Gasteiger partial charge in [0.1, 0.15) is 5.82 Å². The summed E-state index contributed by atoms with van der Waals surface area (Å²) in [7, 11) is 0. The number of halogens is 1. The van der Waals surface area contributed by atoms with Crippen LogP contribution in [-0.2, 0) is 9.59 Å². The van der Waals surface area contributed by atoms with E-state index in [1.807, 2.05) is 21.9 Å². The van der Waals surface area contributed by atoms with Gasteiger partial charge in [0.25, 0.3) is 0 Å². The zero-order valence-corrected chi connectivity index (χ0v) is 20.0. The van der Waals surface area contributed by atoms with Crippen LogP contribution in [0.15, 0.2) is 53.9 Å². The van der Waals surface area contributed by atoms with Crippen LogP contribution >= 0.6 is 11.8 Å². The Hall–Kier alpha value is -3.31. The maximum Gasteiger partial charge on any atom is 0.238 e. The first-order valence-corrected chi connectivity index (χ1v) is 12.6. The SMILES string of the molecule is O=C(CN1CCN(C(=O)CSc2nnc(-c3cccnc3)n2C2CC2)CC1)Nc1ccc(F)cc1. The molecule has 1 aliphatic carbocycles. The topological polar surface area (TPSA) is 96.2 Å². The van der Waals surface area contributed by atoms with Crippen molar-refractivity contribution in [3.63, 3.8) is 0 Å². The van der Waals surface area contributed by atoms with Gasteiger partial charge >= 0.3 is 0 Å².